The highest BCUT2D eigenvalue weighted by molar-refractivity contribution is 7.22. The van der Waals surface area contributed by atoms with E-state index in [1.54, 1.807) is 11.3 Å². The molecule has 3 aromatic carbocycles. The zero-order valence-electron chi connectivity index (χ0n) is 22.8. The van der Waals surface area contributed by atoms with E-state index in [0.29, 0.717) is 18.6 Å². The van der Waals surface area contributed by atoms with Gasteiger partial charge in [-0.15, -0.1) is 11.3 Å². The number of carbonyl (C=O) groups excluding carboxylic acids is 2. The zero-order valence-corrected chi connectivity index (χ0v) is 23.6. The average molecular weight is 540 g/mol. The number of Topliss-reactive ketones (excluding diaryl/α,β-unsaturated/α-hetero) is 1. The number of rotatable bonds is 11. The molecule has 0 saturated carbocycles. The first kappa shape index (κ1) is 27.3. The number of nitrogens with zero attached hydrogens (tertiary/aromatic N) is 1. The summed E-state index contributed by atoms with van der Waals surface area (Å²) in [6.45, 7) is 6.00. The van der Waals surface area contributed by atoms with Gasteiger partial charge in [0, 0.05) is 44.6 Å². The van der Waals surface area contributed by atoms with Crippen molar-refractivity contribution in [2.24, 2.45) is 0 Å². The minimum Gasteiger partial charge on any atom is -0.492 e. The van der Waals surface area contributed by atoms with Gasteiger partial charge in [-0.2, -0.15) is 0 Å². The molecule has 1 aromatic heterocycles. The summed E-state index contributed by atoms with van der Waals surface area (Å²) in [7, 11) is 0. The first-order chi connectivity index (χ1) is 19.1. The Kier molecular flexibility index (Phi) is 9.23. The molecule has 0 unspecified atom stereocenters. The smallest absolute Gasteiger partial charge is 0.195 e. The Morgan fingerprint density at radius 3 is 2.26 bits per heavy atom. The fourth-order valence-electron chi connectivity index (χ4n) is 5.26. The van der Waals surface area contributed by atoms with Gasteiger partial charge in [0.2, 0.25) is 0 Å². The van der Waals surface area contributed by atoms with E-state index in [9.17, 15) is 9.59 Å². The quantitative estimate of drug-likeness (QED) is 0.179. The number of hydrogen-bond acceptors (Lipinski definition) is 5. The highest BCUT2D eigenvalue weighted by Crippen LogP contribution is 2.40. The molecule has 1 fully saturated rings. The lowest BCUT2D eigenvalue weighted by Crippen LogP contribution is -2.29. The first-order valence-electron chi connectivity index (χ1n) is 14.3. The summed E-state index contributed by atoms with van der Waals surface area (Å²) >= 11 is 1.62. The van der Waals surface area contributed by atoms with Crippen molar-refractivity contribution in [1.82, 2.24) is 4.90 Å². The van der Waals surface area contributed by atoms with Gasteiger partial charge in [0.15, 0.2) is 11.6 Å². The van der Waals surface area contributed by atoms with Crippen LogP contribution in [0, 0.1) is 0 Å². The third-order valence-corrected chi connectivity index (χ3v) is 8.76. The molecule has 2 heterocycles. The van der Waals surface area contributed by atoms with E-state index >= 15 is 0 Å². The van der Waals surface area contributed by atoms with E-state index < -0.39 is 0 Å². The van der Waals surface area contributed by atoms with Crippen molar-refractivity contribution in [2.75, 3.05) is 26.2 Å². The van der Waals surface area contributed by atoms with Crippen molar-refractivity contribution < 1.29 is 14.3 Å². The molecule has 0 amide bonds. The molecular formula is C34H37NO3S. The fourth-order valence-corrected chi connectivity index (χ4v) is 6.47. The number of hydrogen-bond donors (Lipinski definition) is 0. The molecule has 0 atom stereocenters. The molecule has 202 valence electrons. The molecule has 5 rings (SSSR count). The van der Waals surface area contributed by atoms with Crippen LogP contribution in [0.1, 0.15) is 78.1 Å². The molecule has 0 bridgehead atoms. The highest BCUT2D eigenvalue weighted by Gasteiger charge is 2.22. The summed E-state index contributed by atoms with van der Waals surface area (Å²) in [6, 6.07) is 23.3. The highest BCUT2D eigenvalue weighted by atomic mass is 32.1. The zero-order chi connectivity index (χ0) is 27.0. The van der Waals surface area contributed by atoms with Gasteiger partial charge >= 0.3 is 0 Å². The van der Waals surface area contributed by atoms with Crippen LogP contribution in [0.2, 0.25) is 0 Å². The minimum absolute atomic E-state index is 0.00154. The van der Waals surface area contributed by atoms with Crippen molar-refractivity contribution in [3.63, 3.8) is 0 Å². The largest absolute Gasteiger partial charge is 0.492 e. The second-order valence-electron chi connectivity index (χ2n) is 10.4. The van der Waals surface area contributed by atoms with Gasteiger partial charge in [-0.25, -0.2) is 0 Å². The van der Waals surface area contributed by atoms with Crippen molar-refractivity contribution in [3.8, 4) is 16.2 Å². The fraction of sp³-hybridized carbons (Fsp3) is 0.353. The number of benzene rings is 3. The third kappa shape index (κ3) is 6.66. The summed E-state index contributed by atoms with van der Waals surface area (Å²) in [5.74, 6) is 0.964. The molecule has 0 spiro atoms. The SMILES string of the molecule is CCCCC(=O)c1ccc(-c2sc3ccccc3c2C(=O)c2ccc(OCCN3CCCCCC3)cc2)cc1. The monoisotopic (exact) mass is 539 g/mol. The van der Waals surface area contributed by atoms with Crippen LogP contribution in [-0.2, 0) is 0 Å². The van der Waals surface area contributed by atoms with E-state index in [2.05, 4.69) is 17.9 Å². The Morgan fingerprint density at radius 1 is 0.846 bits per heavy atom. The Morgan fingerprint density at radius 2 is 1.54 bits per heavy atom. The van der Waals surface area contributed by atoms with Gasteiger partial charge < -0.3 is 4.74 Å². The van der Waals surface area contributed by atoms with E-state index in [1.807, 2.05) is 66.7 Å². The van der Waals surface area contributed by atoms with Crippen LogP contribution in [0.15, 0.2) is 72.8 Å². The topological polar surface area (TPSA) is 46.6 Å². The van der Waals surface area contributed by atoms with Crippen molar-refractivity contribution in [2.45, 2.75) is 51.9 Å². The van der Waals surface area contributed by atoms with Crippen LogP contribution in [0.5, 0.6) is 5.75 Å². The number of likely N-dealkylation sites (tertiary alicyclic amines) is 1. The first-order valence-corrected chi connectivity index (χ1v) is 15.1. The van der Waals surface area contributed by atoms with E-state index in [-0.39, 0.29) is 11.6 Å². The van der Waals surface area contributed by atoms with Crippen LogP contribution in [-0.4, -0.2) is 42.7 Å². The number of ether oxygens (including phenoxy) is 1. The second kappa shape index (κ2) is 13.2. The summed E-state index contributed by atoms with van der Waals surface area (Å²) in [6.07, 6.45) is 7.69. The van der Waals surface area contributed by atoms with Crippen LogP contribution in [0.3, 0.4) is 0 Å². The van der Waals surface area contributed by atoms with Gasteiger partial charge in [0.25, 0.3) is 0 Å². The number of carbonyl (C=O) groups is 2. The van der Waals surface area contributed by atoms with Crippen molar-refractivity contribution in [3.05, 3.63) is 89.5 Å². The summed E-state index contributed by atoms with van der Waals surface area (Å²) in [4.78, 5) is 29.8. The minimum atomic E-state index is 0.00154. The molecule has 0 aliphatic carbocycles. The lowest BCUT2D eigenvalue weighted by molar-refractivity contribution is 0.0978. The Bertz CT molecular complexity index is 1400. The third-order valence-electron chi connectivity index (χ3n) is 7.54. The van der Waals surface area contributed by atoms with Gasteiger partial charge in [0.1, 0.15) is 12.4 Å². The number of fused-ring (bicyclic) bond motifs is 1. The normalized spacial score (nSPS) is 14.3. The molecule has 4 aromatic rings. The molecule has 1 saturated heterocycles. The number of thiophene rings is 1. The van der Waals surface area contributed by atoms with Gasteiger partial charge in [-0.1, -0.05) is 68.7 Å². The summed E-state index contributed by atoms with van der Waals surface area (Å²) < 4.78 is 7.09. The molecule has 39 heavy (non-hydrogen) atoms. The molecule has 4 nitrogen and oxygen atoms in total. The van der Waals surface area contributed by atoms with Crippen LogP contribution in [0.4, 0.5) is 0 Å². The maximum Gasteiger partial charge on any atom is 0.195 e. The van der Waals surface area contributed by atoms with Gasteiger partial charge in [-0.3, -0.25) is 14.5 Å². The standard InChI is InChI=1S/C34H37NO3S/c1-2-3-11-30(36)25-13-15-27(16-14-25)34-32(29-10-6-7-12-31(29)39-34)33(37)26-17-19-28(20-18-26)38-24-23-35-21-8-4-5-9-22-35/h6-7,10,12-20H,2-5,8-9,11,21-24H2,1H3. The van der Waals surface area contributed by atoms with Crippen LogP contribution >= 0.6 is 11.3 Å². The van der Waals surface area contributed by atoms with E-state index in [0.717, 1.165) is 69.9 Å². The van der Waals surface area contributed by atoms with Crippen LogP contribution in [0.25, 0.3) is 20.5 Å². The van der Waals surface area contributed by atoms with Gasteiger partial charge in [0.05, 0.1) is 0 Å². The maximum atomic E-state index is 13.9. The number of ketones is 2. The molecule has 0 N–H and O–H groups in total. The Balaban J connectivity index is 1.34. The van der Waals surface area contributed by atoms with Crippen LogP contribution < -0.4 is 4.74 Å². The molecule has 5 heteroatoms. The lowest BCUT2D eigenvalue weighted by Gasteiger charge is -2.19. The molecule has 1 aliphatic heterocycles. The second-order valence-corrected chi connectivity index (χ2v) is 11.4. The van der Waals surface area contributed by atoms with Crippen molar-refractivity contribution in [1.29, 1.82) is 0 Å². The predicted octanol–water partition coefficient (Wildman–Crippen LogP) is 8.43. The summed E-state index contributed by atoms with van der Waals surface area (Å²) in [5.41, 5.74) is 3.05. The predicted molar refractivity (Wildman–Crippen MR) is 161 cm³/mol. The summed E-state index contributed by atoms with van der Waals surface area (Å²) in [5, 5.41) is 0.961. The maximum absolute atomic E-state index is 13.9. The molecule has 0 radical (unpaired) electrons. The van der Waals surface area contributed by atoms with E-state index in [1.165, 1.54) is 25.7 Å². The van der Waals surface area contributed by atoms with E-state index in [4.69, 9.17) is 4.74 Å². The number of unbranched alkanes of at least 4 members (excludes halogenated alkanes) is 1. The average Bonchev–Trinajstić information content (AvgIpc) is 3.17. The lowest BCUT2D eigenvalue weighted by atomic mass is 9.96. The molecule has 1 aliphatic rings. The molecular weight excluding hydrogens is 502 g/mol. The Hall–Kier alpha value is -3.28. The van der Waals surface area contributed by atoms with Gasteiger partial charge in [-0.05, 0) is 68.2 Å². The Labute approximate surface area is 235 Å². The van der Waals surface area contributed by atoms with Crippen molar-refractivity contribution >= 4 is 33.0 Å².